The fraction of sp³-hybridized carbons (Fsp3) is 0.120. The minimum Gasteiger partial charge on any atom is -0.508 e. The van der Waals surface area contributed by atoms with Crippen LogP contribution in [0.1, 0.15) is 22.7 Å². The third kappa shape index (κ3) is 3.92. The first-order valence-corrected chi connectivity index (χ1v) is 9.85. The van der Waals surface area contributed by atoms with E-state index < -0.39 is 23.5 Å². The summed E-state index contributed by atoms with van der Waals surface area (Å²) in [6.45, 7) is 0.0375. The van der Waals surface area contributed by atoms with E-state index in [1.807, 2.05) is 0 Å². The predicted octanol–water partition coefficient (Wildman–Crippen LogP) is 4.16. The van der Waals surface area contributed by atoms with E-state index in [1.165, 1.54) is 48.4 Å². The zero-order valence-electron chi connectivity index (χ0n) is 17.2. The lowest BCUT2D eigenvalue weighted by atomic mass is 9.95. The number of carbonyl (C=O) groups is 2. The van der Waals surface area contributed by atoms with Crippen molar-refractivity contribution >= 4 is 17.4 Å². The van der Waals surface area contributed by atoms with Gasteiger partial charge < -0.3 is 19.8 Å². The number of carbonyl (C=O) groups excluding carboxylic acids is 2. The number of ketones is 1. The number of aliphatic hydroxyl groups is 1. The lowest BCUT2D eigenvalue weighted by Gasteiger charge is -2.25. The first-order chi connectivity index (χ1) is 15.4. The number of Topliss-reactive ketones (excluding diaryl/α,β-unsaturated/α-hetero) is 1. The van der Waals surface area contributed by atoms with E-state index in [9.17, 15) is 24.2 Å². The fourth-order valence-electron chi connectivity index (χ4n) is 3.74. The summed E-state index contributed by atoms with van der Waals surface area (Å²) in [6, 6.07) is 17.3. The molecule has 7 heteroatoms. The molecule has 1 aliphatic rings. The van der Waals surface area contributed by atoms with Crippen molar-refractivity contribution in [3.05, 3.63) is 101 Å². The van der Waals surface area contributed by atoms with Gasteiger partial charge in [-0.1, -0.05) is 24.3 Å². The number of amides is 1. The monoisotopic (exact) mass is 433 g/mol. The Morgan fingerprint density at radius 2 is 1.59 bits per heavy atom. The van der Waals surface area contributed by atoms with Gasteiger partial charge >= 0.3 is 0 Å². The van der Waals surface area contributed by atoms with E-state index in [4.69, 9.17) is 4.74 Å². The van der Waals surface area contributed by atoms with Crippen molar-refractivity contribution in [1.82, 2.24) is 4.90 Å². The molecule has 0 saturated carbocycles. The Morgan fingerprint density at radius 1 is 0.969 bits per heavy atom. The van der Waals surface area contributed by atoms with E-state index in [2.05, 4.69) is 0 Å². The molecule has 1 unspecified atom stereocenters. The second-order valence-electron chi connectivity index (χ2n) is 7.37. The number of methoxy groups -OCH3 is 1. The molecule has 1 amide bonds. The van der Waals surface area contributed by atoms with Crippen LogP contribution in [0.25, 0.3) is 5.76 Å². The molecule has 0 radical (unpaired) electrons. The smallest absolute Gasteiger partial charge is 0.295 e. The number of ether oxygens (including phenoxy) is 1. The van der Waals surface area contributed by atoms with Crippen LogP contribution in [0.15, 0.2) is 78.4 Å². The van der Waals surface area contributed by atoms with Crippen LogP contribution in [-0.2, 0) is 16.1 Å². The van der Waals surface area contributed by atoms with Gasteiger partial charge in [0.15, 0.2) is 0 Å². The van der Waals surface area contributed by atoms with Crippen molar-refractivity contribution in [2.24, 2.45) is 0 Å². The molecule has 0 spiro atoms. The van der Waals surface area contributed by atoms with Crippen LogP contribution in [0.4, 0.5) is 4.39 Å². The van der Waals surface area contributed by atoms with Gasteiger partial charge in [0, 0.05) is 12.1 Å². The van der Waals surface area contributed by atoms with Crippen molar-refractivity contribution in [2.45, 2.75) is 12.6 Å². The molecule has 1 heterocycles. The molecule has 3 aromatic carbocycles. The van der Waals surface area contributed by atoms with Gasteiger partial charge in [-0.15, -0.1) is 0 Å². The standard InChI is InChI=1S/C25H20FNO5/c1-32-20-12-6-17(7-13-20)23(29)21-22(16-4-10-19(28)11-5-16)27(25(31)24(21)30)14-15-2-8-18(26)9-3-15/h2-13,22,28-29H,14H2,1H3/b23-21-. The lowest BCUT2D eigenvalue weighted by Crippen LogP contribution is -2.29. The van der Waals surface area contributed by atoms with Crippen LogP contribution in [-0.4, -0.2) is 33.9 Å². The highest BCUT2D eigenvalue weighted by Gasteiger charge is 2.46. The second-order valence-corrected chi connectivity index (χ2v) is 7.37. The van der Waals surface area contributed by atoms with Crippen molar-refractivity contribution in [3.8, 4) is 11.5 Å². The Bertz CT molecular complexity index is 1180. The molecule has 0 bridgehead atoms. The molecule has 4 rings (SSSR count). The minimum absolute atomic E-state index is 0.0272. The summed E-state index contributed by atoms with van der Waals surface area (Å²) >= 11 is 0. The van der Waals surface area contributed by atoms with Crippen molar-refractivity contribution < 1.29 is 28.9 Å². The number of phenols is 1. The maximum atomic E-state index is 13.3. The normalized spacial score (nSPS) is 17.6. The van der Waals surface area contributed by atoms with E-state index in [1.54, 1.807) is 36.4 Å². The Morgan fingerprint density at radius 3 is 2.19 bits per heavy atom. The van der Waals surface area contributed by atoms with Crippen LogP contribution in [0.5, 0.6) is 11.5 Å². The van der Waals surface area contributed by atoms with Crippen LogP contribution in [0.3, 0.4) is 0 Å². The molecule has 162 valence electrons. The van der Waals surface area contributed by atoms with E-state index in [0.717, 1.165) is 0 Å². The first-order valence-electron chi connectivity index (χ1n) is 9.85. The summed E-state index contributed by atoms with van der Waals surface area (Å²) in [5, 5.41) is 20.7. The van der Waals surface area contributed by atoms with E-state index in [-0.39, 0.29) is 23.6 Å². The Balaban J connectivity index is 1.83. The van der Waals surface area contributed by atoms with Crippen molar-refractivity contribution in [2.75, 3.05) is 7.11 Å². The van der Waals surface area contributed by atoms with Crippen LogP contribution in [0, 0.1) is 5.82 Å². The number of aromatic hydroxyl groups is 1. The third-order valence-corrected chi connectivity index (χ3v) is 5.38. The quantitative estimate of drug-likeness (QED) is 0.358. The zero-order valence-corrected chi connectivity index (χ0v) is 17.2. The summed E-state index contributed by atoms with van der Waals surface area (Å²) in [4.78, 5) is 27.3. The number of hydrogen-bond acceptors (Lipinski definition) is 5. The molecule has 2 N–H and O–H groups in total. The molecular weight excluding hydrogens is 413 g/mol. The minimum atomic E-state index is -0.886. The lowest BCUT2D eigenvalue weighted by molar-refractivity contribution is -0.140. The van der Waals surface area contributed by atoms with Gasteiger partial charge in [0.05, 0.1) is 18.7 Å². The molecule has 1 saturated heterocycles. The van der Waals surface area contributed by atoms with Gasteiger partial charge in [0.1, 0.15) is 23.1 Å². The largest absolute Gasteiger partial charge is 0.508 e. The van der Waals surface area contributed by atoms with Crippen molar-refractivity contribution in [1.29, 1.82) is 0 Å². The molecule has 0 aromatic heterocycles. The highest BCUT2D eigenvalue weighted by molar-refractivity contribution is 6.46. The second kappa shape index (κ2) is 8.55. The van der Waals surface area contributed by atoms with Crippen LogP contribution >= 0.6 is 0 Å². The zero-order chi connectivity index (χ0) is 22.8. The number of halogens is 1. The average Bonchev–Trinajstić information content (AvgIpc) is 3.05. The number of hydrogen-bond donors (Lipinski definition) is 2. The molecule has 0 aliphatic carbocycles. The Labute approximate surface area is 183 Å². The number of rotatable bonds is 5. The van der Waals surface area contributed by atoms with Gasteiger partial charge in [-0.2, -0.15) is 0 Å². The fourth-order valence-corrected chi connectivity index (χ4v) is 3.74. The highest BCUT2D eigenvalue weighted by atomic mass is 19.1. The summed E-state index contributed by atoms with van der Waals surface area (Å²) in [5.74, 6) is -1.72. The first kappa shape index (κ1) is 21.1. The molecular formula is C25H20FNO5. The Kier molecular flexibility index (Phi) is 5.64. The molecule has 1 aliphatic heterocycles. The number of likely N-dealkylation sites (tertiary alicyclic amines) is 1. The number of nitrogens with zero attached hydrogens (tertiary/aromatic N) is 1. The number of benzene rings is 3. The van der Waals surface area contributed by atoms with Crippen LogP contribution in [0.2, 0.25) is 0 Å². The molecule has 32 heavy (non-hydrogen) atoms. The van der Waals surface area contributed by atoms with Gasteiger partial charge in [-0.3, -0.25) is 9.59 Å². The number of phenolic OH excluding ortho intramolecular Hbond substituents is 1. The summed E-state index contributed by atoms with van der Waals surface area (Å²) < 4.78 is 18.4. The Hall–Kier alpha value is -4.13. The molecule has 1 atom stereocenters. The third-order valence-electron chi connectivity index (χ3n) is 5.38. The highest BCUT2D eigenvalue weighted by Crippen LogP contribution is 2.40. The molecule has 6 nitrogen and oxygen atoms in total. The topological polar surface area (TPSA) is 87.1 Å². The molecule has 3 aromatic rings. The van der Waals surface area contributed by atoms with E-state index >= 15 is 0 Å². The van der Waals surface area contributed by atoms with Gasteiger partial charge in [0.2, 0.25) is 0 Å². The van der Waals surface area contributed by atoms with Gasteiger partial charge in [-0.25, -0.2) is 4.39 Å². The SMILES string of the molecule is COc1ccc(/C(O)=C2/C(=O)C(=O)N(Cc3ccc(F)cc3)C2c2ccc(O)cc2)cc1. The maximum absolute atomic E-state index is 13.3. The molecule has 1 fully saturated rings. The average molecular weight is 433 g/mol. The summed E-state index contributed by atoms with van der Waals surface area (Å²) in [5.41, 5.74) is 1.46. The predicted molar refractivity (Wildman–Crippen MR) is 115 cm³/mol. The number of aliphatic hydroxyl groups excluding tert-OH is 1. The van der Waals surface area contributed by atoms with E-state index in [0.29, 0.717) is 22.4 Å². The van der Waals surface area contributed by atoms with Crippen LogP contribution < -0.4 is 4.74 Å². The van der Waals surface area contributed by atoms with Crippen molar-refractivity contribution in [3.63, 3.8) is 0 Å². The van der Waals surface area contributed by atoms with Gasteiger partial charge in [-0.05, 0) is 59.7 Å². The van der Waals surface area contributed by atoms with Gasteiger partial charge in [0.25, 0.3) is 11.7 Å². The summed E-state index contributed by atoms with van der Waals surface area (Å²) in [6.07, 6.45) is 0. The summed E-state index contributed by atoms with van der Waals surface area (Å²) in [7, 11) is 1.51. The maximum Gasteiger partial charge on any atom is 0.295 e.